The lowest BCUT2D eigenvalue weighted by Crippen LogP contribution is -2.38. The van der Waals surface area contributed by atoms with Crippen LogP contribution in [-0.4, -0.2) is 26.1 Å². The smallest absolute Gasteiger partial charge is 0.229 e. The zero-order valence-corrected chi connectivity index (χ0v) is 10.6. The summed E-state index contributed by atoms with van der Waals surface area (Å²) in [7, 11) is 1.61. The summed E-state index contributed by atoms with van der Waals surface area (Å²) in [6, 6.07) is 7.45. The van der Waals surface area contributed by atoms with Gasteiger partial charge in [-0.1, -0.05) is 19.9 Å². The minimum absolute atomic E-state index is 0.0484. The molecule has 0 bridgehead atoms. The SMILES string of the molecule is COc1cccc(N(CCN)C(=O)C(C)C)c1. The molecule has 1 aromatic rings. The summed E-state index contributed by atoms with van der Waals surface area (Å²) in [6.45, 7) is 4.72. The third kappa shape index (κ3) is 3.46. The molecule has 0 aromatic heterocycles. The Kier molecular flexibility index (Phi) is 4.97. The van der Waals surface area contributed by atoms with E-state index < -0.39 is 0 Å². The van der Waals surface area contributed by atoms with Crippen LogP contribution in [0.3, 0.4) is 0 Å². The normalized spacial score (nSPS) is 10.4. The van der Waals surface area contributed by atoms with Gasteiger partial charge in [0.2, 0.25) is 5.91 Å². The lowest BCUT2D eigenvalue weighted by molar-refractivity contribution is -0.121. The second kappa shape index (κ2) is 6.25. The molecular weight excluding hydrogens is 216 g/mol. The van der Waals surface area contributed by atoms with Crippen molar-refractivity contribution in [3.8, 4) is 5.75 Å². The second-order valence-electron chi connectivity index (χ2n) is 4.13. The molecule has 2 N–H and O–H groups in total. The summed E-state index contributed by atoms with van der Waals surface area (Å²) in [4.78, 5) is 13.8. The van der Waals surface area contributed by atoms with Gasteiger partial charge < -0.3 is 15.4 Å². The molecule has 0 radical (unpaired) electrons. The molecule has 4 heteroatoms. The van der Waals surface area contributed by atoms with Crippen LogP contribution in [0.2, 0.25) is 0 Å². The number of amides is 1. The van der Waals surface area contributed by atoms with E-state index in [4.69, 9.17) is 10.5 Å². The van der Waals surface area contributed by atoms with Gasteiger partial charge in [-0.25, -0.2) is 0 Å². The Bertz CT molecular complexity index is 377. The van der Waals surface area contributed by atoms with Gasteiger partial charge in [-0.3, -0.25) is 4.79 Å². The molecule has 1 aromatic carbocycles. The van der Waals surface area contributed by atoms with Crippen molar-refractivity contribution in [3.63, 3.8) is 0 Å². The third-order valence-corrected chi connectivity index (χ3v) is 2.48. The number of ether oxygens (including phenoxy) is 1. The molecule has 4 nitrogen and oxygen atoms in total. The van der Waals surface area contributed by atoms with Crippen molar-refractivity contribution in [2.75, 3.05) is 25.1 Å². The fourth-order valence-electron chi connectivity index (χ4n) is 1.59. The van der Waals surface area contributed by atoms with Crippen LogP contribution < -0.4 is 15.4 Å². The number of methoxy groups -OCH3 is 1. The van der Waals surface area contributed by atoms with Crippen LogP contribution in [0.5, 0.6) is 5.75 Å². The van der Waals surface area contributed by atoms with E-state index in [-0.39, 0.29) is 11.8 Å². The Morgan fingerprint density at radius 3 is 2.71 bits per heavy atom. The molecule has 0 spiro atoms. The van der Waals surface area contributed by atoms with Gasteiger partial charge in [0.1, 0.15) is 5.75 Å². The standard InChI is InChI=1S/C13H20N2O2/c1-10(2)13(16)15(8-7-14)11-5-4-6-12(9-11)17-3/h4-6,9-10H,7-8,14H2,1-3H3. The predicted octanol–water partition coefficient (Wildman–Crippen LogP) is 1.64. The maximum Gasteiger partial charge on any atom is 0.229 e. The van der Waals surface area contributed by atoms with Crippen molar-refractivity contribution in [2.45, 2.75) is 13.8 Å². The molecule has 0 aliphatic rings. The van der Waals surface area contributed by atoms with Crippen LogP contribution in [-0.2, 0) is 4.79 Å². The Hall–Kier alpha value is -1.55. The van der Waals surface area contributed by atoms with E-state index >= 15 is 0 Å². The van der Waals surface area contributed by atoms with Crippen molar-refractivity contribution in [1.82, 2.24) is 0 Å². The highest BCUT2D eigenvalue weighted by molar-refractivity contribution is 5.94. The topological polar surface area (TPSA) is 55.6 Å². The Morgan fingerprint density at radius 1 is 1.47 bits per heavy atom. The molecule has 17 heavy (non-hydrogen) atoms. The Balaban J connectivity index is 3.00. The molecule has 0 fully saturated rings. The average Bonchev–Trinajstić information content (AvgIpc) is 2.35. The van der Waals surface area contributed by atoms with Crippen LogP contribution in [0.4, 0.5) is 5.69 Å². The van der Waals surface area contributed by atoms with Gasteiger partial charge in [-0.15, -0.1) is 0 Å². The van der Waals surface area contributed by atoms with Crippen LogP contribution in [0, 0.1) is 5.92 Å². The van der Waals surface area contributed by atoms with Gasteiger partial charge in [-0.05, 0) is 12.1 Å². The summed E-state index contributed by atoms with van der Waals surface area (Å²) >= 11 is 0. The van der Waals surface area contributed by atoms with Crippen molar-refractivity contribution in [3.05, 3.63) is 24.3 Å². The van der Waals surface area contributed by atoms with Crippen molar-refractivity contribution >= 4 is 11.6 Å². The second-order valence-corrected chi connectivity index (χ2v) is 4.13. The summed E-state index contributed by atoms with van der Waals surface area (Å²) in [5, 5.41) is 0. The van der Waals surface area contributed by atoms with E-state index in [1.54, 1.807) is 12.0 Å². The number of nitrogens with zero attached hydrogens (tertiary/aromatic N) is 1. The van der Waals surface area contributed by atoms with Crippen LogP contribution in [0.25, 0.3) is 0 Å². The molecule has 0 heterocycles. The van der Waals surface area contributed by atoms with Gasteiger partial charge in [0.25, 0.3) is 0 Å². The molecule has 94 valence electrons. The molecule has 0 saturated carbocycles. The number of nitrogens with two attached hydrogens (primary N) is 1. The highest BCUT2D eigenvalue weighted by Gasteiger charge is 2.18. The first-order valence-electron chi connectivity index (χ1n) is 5.75. The lowest BCUT2D eigenvalue weighted by Gasteiger charge is -2.24. The summed E-state index contributed by atoms with van der Waals surface area (Å²) in [5.41, 5.74) is 6.38. The van der Waals surface area contributed by atoms with Crippen molar-refractivity contribution in [1.29, 1.82) is 0 Å². The summed E-state index contributed by atoms with van der Waals surface area (Å²) in [6.07, 6.45) is 0. The highest BCUT2D eigenvalue weighted by Crippen LogP contribution is 2.22. The van der Waals surface area contributed by atoms with E-state index in [1.165, 1.54) is 0 Å². The summed E-state index contributed by atoms with van der Waals surface area (Å²) in [5.74, 6) is 0.762. The number of rotatable bonds is 5. The molecule has 0 unspecified atom stereocenters. The Morgan fingerprint density at radius 2 is 2.18 bits per heavy atom. The molecule has 0 aliphatic carbocycles. The zero-order valence-electron chi connectivity index (χ0n) is 10.6. The van der Waals surface area contributed by atoms with Crippen LogP contribution >= 0.6 is 0 Å². The number of carbonyl (C=O) groups is 1. The lowest BCUT2D eigenvalue weighted by atomic mass is 10.1. The van der Waals surface area contributed by atoms with E-state index in [0.29, 0.717) is 13.1 Å². The van der Waals surface area contributed by atoms with Gasteiger partial charge >= 0.3 is 0 Å². The Labute approximate surface area is 102 Å². The quantitative estimate of drug-likeness (QED) is 0.845. The fraction of sp³-hybridized carbons (Fsp3) is 0.462. The van der Waals surface area contributed by atoms with Crippen molar-refractivity contribution in [2.24, 2.45) is 11.7 Å². The van der Waals surface area contributed by atoms with Gasteiger partial charge in [0, 0.05) is 30.8 Å². The highest BCUT2D eigenvalue weighted by atomic mass is 16.5. The molecule has 1 amide bonds. The largest absolute Gasteiger partial charge is 0.497 e. The first kappa shape index (κ1) is 13.5. The van der Waals surface area contributed by atoms with Crippen LogP contribution in [0.1, 0.15) is 13.8 Å². The number of hydrogen-bond acceptors (Lipinski definition) is 3. The van der Waals surface area contributed by atoms with E-state index in [1.807, 2.05) is 38.1 Å². The molecule has 0 aliphatic heterocycles. The fourth-order valence-corrected chi connectivity index (χ4v) is 1.59. The van der Waals surface area contributed by atoms with E-state index in [2.05, 4.69) is 0 Å². The third-order valence-electron chi connectivity index (χ3n) is 2.48. The maximum absolute atomic E-state index is 12.1. The number of anilines is 1. The molecule has 0 atom stereocenters. The zero-order chi connectivity index (χ0) is 12.8. The maximum atomic E-state index is 12.1. The average molecular weight is 236 g/mol. The van der Waals surface area contributed by atoms with Gasteiger partial charge in [-0.2, -0.15) is 0 Å². The monoisotopic (exact) mass is 236 g/mol. The molecule has 1 rings (SSSR count). The first-order valence-corrected chi connectivity index (χ1v) is 5.75. The molecular formula is C13H20N2O2. The minimum Gasteiger partial charge on any atom is -0.497 e. The van der Waals surface area contributed by atoms with Gasteiger partial charge in [0.15, 0.2) is 0 Å². The minimum atomic E-state index is -0.0484. The summed E-state index contributed by atoms with van der Waals surface area (Å²) < 4.78 is 5.15. The van der Waals surface area contributed by atoms with Gasteiger partial charge in [0.05, 0.1) is 7.11 Å². The number of carbonyl (C=O) groups excluding carboxylic acids is 1. The van der Waals surface area contributed by atoms with E-state index in [9.17, 15) is 4.79 Å². The van der Waals surface area contributed by atoms with Crippen LogP contribution in [0.15, 0.2) is 24.3 Å². The molecule has 0 saturated heterocycles. The van der Waals surface area contributed by atoms with E-state index in [0.717, 1.165) is 11.4 Å². The van der Waals surface area contributed by atoms with Crippen molar-refractivity contribution < 1.29 is 9.53 Å². The predicted molar refractivity (Wildman–Crippen MR) is 69.2 cm³/mol. The number of hydrogen-bond donors (Lipinski definition) is 1. The first-order chi connectivity index (χ1) is 8.10. The number of benzene rings is 1.